The second kappa shape index (κ2) is 11.6. The van der Waals surface area contributed by atoms with Crippen LogP contribution in [0.3, 0.4) is 0 Å². The number of amides is 1. The minimum absolute atomic E-state index is 0.108. The Labute approximate surface area is 214 Å². The van der Waals surface area contributed by atoms with Crippen molar-refractivity contribution in [2.24, 2.45) is 0 Å². The lowest BCUT2D eigenvalue weighted by Crippen LogP contribution is -2.43. The summed E-state index contributed by atoms with van der Waals surface area (Å²) < 4.78 is 68.7. The van der Waals surface area contributed by atoms with Gasteiger partial charge in [-0.1, -0.05) is 13.1 Å². The Hall–Kier alpha value is -2.91. The third-order valence-electron chi connectivity index (χ3n) is 5.82. The predicted molar refractivity (Wildman–Crippen MR) is 136 cm³/mol. The maximum Gasteiger partial charge on any atom is 0.392 e. The maximum absolute atomic E-state index is 12.9. The van der Waals surface area contributed by atoms with Crippen molar-refractivity contribution in [3.8, 4) is 6.01 Å². The molecule has 15 heteroatoms. The van der Waals surface area contributed by atoms with E-state index < -0.39 is 55.6 Å². The molecular weight excluding hydrogens is 531 g/mol. The molecule has 10 nitrogen and oxygen atoms in total. The van der Waals surface area contributed by atoms with Crippen molar-refractivity contribution in [2.75, 3.05) is 47.0 Å². The van der Waals surface area contributed by atoms with Crippen LogP contribution in [0.25, 0.3) is 0 Å². The highest BCUT2D eigenvalue weighted by Gasteiger charge is 2.29. The van der Waals surface area contributed by atoms with Crippen LogP contribution in [0.1, 0.15) is 16.9 Å². The number of aliphatic hydroxyl groups is 1. The van der Waals surface area contributed by atoms with Crippen molar-refractivity contribution < 1.29 is 36.2 Å². The lowest BCUT2D eigenvalue weighted by atomic mass is 10.2. The van der Waals surface area contributed by atoms with Crippen LogP contribution in [0.5, 0.6) is 6.01 Å². The van der Waals surface area contributed by atoms with Gasteiger partial charge in [0.15, 0.2) is 0 Å². The molecule has 0 radical (unpaired) electrons. The van der Waals surface area contributed by atoms with Gasteiger partial charge in [-0.05, 0) is 36.4 Å². The van der Waals surface area contributed by atoms with Gasteiger partial charge in [0.25, 0.3) is 5.91 Å². The molecule has 1 fully saturated rings. The molecule has 204 valence electrons. The Morgan fingerprint density at radius 2 is 1.92 bits per heavy atom. The number of hydrogen-bond donors (Lipinski definition) is 3. The van der Waals surface area contributed by atoms with Crippen LogP contribution in [-0.2, 0) is 10.0 Å². The number of sulfonamides is 1. The molecule has 0 unspecified atom stereocenters. The molecule has 37 heavy (non-hydrogen) atoms. The lowest BCUT2D eigenvalue weighted by Gasteiger charge is -2.38. The summed E-state index contributed by atoms with van der Waals surface area (Å²) >= 11 is 0. The molecule has 3 rings (SSSR count). The number of anilines is 3. The molecule has 2 aromatic rings. The minimum Gasteiger partial charge on any atom is -0.463 e. The standard InChI is InChI=1S/C22H30F3N5O5SSi/c1-37(2)13-8-30(9-14-37)19-15-16(29-36(33,34)12-10-31)3-4-17(19)27-20(32)18-5-7-26-21(28-18)35-11-6-22(23,24)25/h3-5,7,15,29,31H,6,8-14H2,1-2H3,(H,27,32). The van der Waals surface area contributed by atoms with Crippen molar-refractivity contribution in [3.05, 3.63) is 36.2 Å². The van der Waals surface area contributed by atoms with Crippen molar-refractivity contribution in [2.45, 2.75) is 37.8 Å². The van der Waals surface area contributed by atoms with Gasteiger partial charge in [0.05, 0.1) is 43.9 Å². The molecule has 1 aliphatic rings. The van der Waals surface area contributed by atoms with E-state index in [1.165, 1.54) is 18.3 Å². The molecule has 0 spiro atoms. The average molecular weight is 562 g/mol. The number of ether oxygens (including phenoxy) is 1. The Morgan fingerprint density at radius 3 is 2.57 bits per heavy atom. The summed E-state index contributed by atoms with van der Waals surface area (Å²) in [7, 11) is -5.08. The van der Waals surface area contributed by atoms with E-state index in [1.54, 1.807) is 12.1 Å². The van der Waals surface area contributed by atoms with Crippen LogP contribution in [0.15, 0.2) is 30.5 Å². The molecule has 1 aromatic heterocycles. The van der Waals surface area contributed by atoms with Gasteiger partial charge in [-0.3, -0.25) is 9.52 Å². The first-order valence-electron chi connectivity index (χ1n) is 11.6. The Bertz CT molecular complexity index is 1200. The van der Waals surface area contributed by atoms with Crippen LogP contribution in [0.2, 0.25) is 25.2 Å². The number of hydrogen-bond acceptors (Lipinski definition) is 8. The zero-order valence-corrected chi connectivity index (χ0v) is 22.3. The first-order valence-corrected chi connectivity index (χ1v) is 16.7. The van der Waals surface area contributed by atoms with Crippen molar-refractivity contribution in [3.63, 3.8) is 0 Å². The van der Waals surface area contributed by atoms with Gasteiger partial charge >= 0.3 is 12.2 Å². The molecular formula is C22H30F3N5O5SSi. The lowest BCUT2D eigenvalue weighted by molar-refractivity contribution is -0.139. The van der Waals surface area contributed by atoms with Crippen LogP contribution in [-0.4, -0.2) is 75.7 Å². The van der Waals surface area contributed by atoms with E-state index in [2.05, 4.69) is 38.0 Å². The zero-order valence-electron chi connectivity index (χ0n) is 20.5. The maximum atomic E-state index is 12.9. The molecule has 0 bridgehead atoms. The molecule has 1 saturated heterocycles. The predicted octanol–water partition coefficient (Wildman–Crippen LogP) is 3.32. The number of halogens is 3. The van der Waals surface area contributed by atoms with E-state index >= 15 is 0 Å². The third-order valence-corrected chi connectivity index (χ3v) is 10.2. The Balaban J connectivity index is 1.82. The highest BCUT2D eigenvalue weighted by Crippen LogP contribution is 2.34. The summed E-state index contributed by atoms with van der Waals surface area (Å²) in [5, 5.41) is 11.8. The summed E-state index contributed by atoms with van der Waals surface area (Å²) in [5.74, 6) is -1.09. The molecule has 0 atom stereocenters. The van der Waals surface area contributed by atoms with E-state index in [9.17, 15) is 26.4 Å². The largest absolute Gasteiger partial charge is 0.463 e. The average Bonchev–Trinajstić information content (AvgIpc) is 2.79. The molecule has 2 heterocycles. The normalized spacial score (nSPS) is 15.8. The fourth-order valence-corrected chi connectivity index (χ4v) is 6.48. The van der Waals surface area contributed by atoms with Crippen molar-refractivity contribution >= 4 is 41.1 Å². The smallest absolute Gasteiger partial charge is 0.392 e. The molecule has 1 aliphatic heterocycles. The second-order valence-corrected chi connectivity index (χ2v) is 16.6. The summed E-state index contributed by atoms with van der Waals surface area (Å²) in [6.07, 6.45) is -4.36. The number of aromatic nitrogens is 2. The number of nitrogens with one attached hydrogen (secondary N) is 2. The molecule has 0 aliphatic carbocycles. The van der Waals surface area contributed by atoms with E-state index in [0.29, 0.717) is 11.4 Å². The third kappa shape index (κ3) is 8.86. The van der Waals surface area contributed by atoms with Crippen molar-refractivity contribution in [1.82, 2.24) is 9.97 Å². The van der Waals surface area contributed by atoms with Crippen LogP contribution in [0.4, 0.5) is 30.2 Å². The number of nitrogens with zero attached hydrogens (tertiary/aromatic N) is 3. The Kier molecular flexibility index (Phi) is 9.02. The van der Waals surface area contributed by atoms with E-state index in [0.717, 1.165) is 25.2 Å². The van der Waals surface area contributed by atoms with Crippen molar-refractivity contribution in [1.29, 1.82) is 0 Å². The first kappa shape index (κ1) is 28.7. The van der Waals surface area contributed by atoms with E-state index in [-0.39, 0.29) is 17.4 Å². The molecule has 3 N–H and O–H groups in total. The summed E-state index contributed by atoms with van der Waals surface area (Å²) in [4.78, 5) is 22.7. The number of carbonyl (C=O) groups is 1. The quantitative estimate of drug-likeness (QED) is 0.376. The van der Waals surface area contributed by atoms with Gasteiger partial charge in [0, 0.05) is 19.3 Å². The molecule has 1 aromatic carbocycles. The summed E-state index contributed by atoms with van der Waals surface area (Å²) in [6, 6.07) is 7.66. The highest BCUT2D eigenvalue weighted by molar-refractivity contribution is 7.92. The van der Waals surface area contributed by atoms with Gasteiger partial charge in [0.2, 0.25) is 10.0 Å². The first-order chi connectivity index (χ1) is 17.3. The minimum atomic E-state index is -4.39. The van der Waals surface area contributed by atoms with Gasteiger partial charge in [-0.2, -0.15) is 18.2 Å². The molecule has 0 saturated carbocycles. The van der Waals surface area contributed by atoms with Gasteiger partial charge in [-0.25, -0.2) is 13.4 Å². The van der Waals surface area contributed by atoms with E-state index in [4.69, 9.17) is 9.84 Å². The highest BCUT2D eigenvalue weighted by atomic mass is 32.2. The summed E-state index contributed by atoms with van der Waals surface area (Å²) in [5.41, 5.74) is 1.20. The van der Waals surface area contributed by atoms with E-state index in [1.807, 2.05) is 0 Å². The van der Waals surface area contributed by atoms with Gasteiger partial charge < -0.3 is 20.1 Å². The SMILES string of the molecule is C[Si]1(C)CCN(c2cc(NS(=O)(=O)CCO)ccc2NC(=O)c2ccnc(OCCC(F)(F)F)n2)CC1. The number of aliphatic hydroxyl groups excluding tert-OH is 1. The number of carbonyl (C=O) groups excluding carboxylic acids is 1. The monoisotopic (exact) mass is 561 g/mol. The topological polar surface area (TPSA) is 134 Å². The zero-order chi connectivity index (χ0) is 27.3. The molecule has 1 amide bonds. The number of alkyl halides is 3. The number of rotatable bonds is 10. The fraction of sp³-hybridized carbons (Fsp3) is 0.500. The summed E-state index contributed by atoms with van der Waals surface area (Å²) in [6.45, 7) is 4.87. The van der Waals surface area contributed by atoms with Gasteiger partial charge in [-0.15, -0.1) is 0 Å². The number of benzene rings is 1. The van der Waals surface area contributed by atoms with Crippen LogP contribution >= 0.6 is 0 Å². The fourth-order valence-electron chi connectivity index (χ4n) is 3.65. The van der Waals surface area contributed by atoms with Crippen LogP contribution < -0.4 is 19.7 Å². The Morgan fingerprint density at radius 1 is 1.22 bits per heavy atom. The second-order valence-electron chi connectivity index (χ2n) is 9.42. The van der Waals surface area contributed by atoms with Gasteiger partial charge in [0.1, 0.15) is 12.3 Å². The van der Waals surface area contributed by atoms with Crippen LogP contribution in [0, 0.1) is 0 Å².